The zero-order valence-electron chi connectivity index (χ0n) is 15.0. The van der Waals surface area contributed by atoms with Gasteiger partial charge in [0.05, 0.1) is 18.3 Å². The quantitative estimate of drug-likeness (QED) is 0.482. The van der Waals surface area contributed by atoms with E-state index in [0.717, 1.165) is 16.6 Å². The predicted molar refractivity (Wildman–Crippen MR) is 107 cm³/mol. The normalized spacial score (nSPS) is 10.6. The fraction of sp³-hybridized carbons (Fsp3) is 0.0476. The van der Waals surface area contributed by atoms with Gasteiger partial charge in [-0.05, 0) is 54.6 Å². The van der Waals surface area contributed by atoms with Crippen LogP contribution in [-0.4, -0.2) is 17.1 Å². The number of aromatic nitrogens is 2. The van der Waals surface area contributed by atoms with E-state index in [9.17, 15) is 4.39 Å². The van der Waals surface area contributed by atoms with E-state index < -0.39 is 0 Å². The number of fused-ring (bicyclic) bond motifs is 1. The zero-order chi connectivity index (χ0) is 19.5. The van der Waals surface area contributed by atoms with Crippen LogP contribution in [0.2, 0.25) is 0 Å². The summed E-state index contributed by atoms with van der Waals surface area (Å²) in [4.78, 5) is 8.58. The lowest BCUT2D eigenvalue weighted by Gasteiger charge is -2.11. The minimum Gasteiger partial charge on any atom is -0.495 e. The third kappa shape index (κ3) is 3.64. The van der Waals surface area contributed by atoms with E-state index in [1.54, 1.807) is 31.4 Å². The van der Waals surface area contributed by atoms with E-state index in [1.807, 2.05) is 24.3 Å². The average molecular weight is 376 g/mol. The number of nitrogen functional groups attached to an aromatic ring is 1. The van der Waals surface area contributed by atoms with E-state index in [2.05, 4.69) is 15.3 Å². The van der Waals surface area contributed by atoms with Crippen LogP contribution >= 0.6 is 0 Å². The second kappa shape index (κ2) is 7.40. The monoisotopic (exact) mass is 376 g/mol. The fourth-order valence-electron chi connectivity index (χ4n) is 2.76. The van der Waals surface area contributed by atoms with Crippen LogP contribution in [0.1, 0.15) is 0 Å². The van der Waals surface area contributed by atoms with Crippen molar-refractivity contribution in [1.29, 1.82) is 0 Å². The molecule has 0 atom stereocenters. The van der Waals surface area contributed by atoms with Crippen molar-refractivity contribution in [1.82, 2.24) is 9.97 Å². The first kappa shape index (κ1) is 17.5. The smallest absolute Gasteiger partial charge is 0.143 e. The van der Waals surface area contributed by atoms with E-state index in [1.165, 1.54) is 18.5 Å². The Morgan fingerprint density at radius 1 is 0.929 bits per heavy atom. The largest absolute Gasteiger partial charge is 0.495 e. The molecule has 0 spiro atoms. The predicted octanol–water partition coefficient (Wildman–Crippen LogP) is 4.90. The van der Waals surface area contributed by atoms with Gasteiger partial charge in [-0.1, -0.05) is 0 Å². The number of nitrogens with zero attached hydrogens (tertiary/aromatic N) is 2. The molecule has 140 valence electrons. The Labute approximate surface area is 160 Å². The summed E-state index contributed by atoms with van der Waals surface area (Å²) < 4.78 is 23.9. The molecule has 1 aromatic heterocycles. The summed E-state index contributed by atoms with van der Waals surface area (Å²) in [5.41, 5.74) is 8.07. The van der Waals surface area contributed by atoms with Crippen LogP contribution in [0.4, 0.5) is 21.6 Å². The van der Waals surface area contributed by atoms with Crippen molar-refractivity contribution in [2.45, 2.75) is 0 Å². The van der Waals surface area contributed by atoms with Gasteiger partial charge >= 0.3 is 0 Å². The Bertz CT molecular complexity index is 1120. The maximum atomic E-state index is 13.0. The summed E-state index contributed by atoms with van der Waals surface area (Å²) in [6, 6.07) is 16.8. The van der Waals surface area contributed by atoms with Crippen LogP contribution in [0.15, 0.2) is 67.0 Å². The average Bonchev–Trinajstić information content (AvgIpc) is 2.71. The third-order valence-corrected chi connectivity index (χ3v) is 4.15. The lowest BCUT2D eigenvalue weighted by molar-refractivity contribution is 0.417. The molecule has 0 aliphatic carbocycles. The molecule has 0 saturated carbocycles. The van der Waals surface area contributed by atoms with Crippen molar-refractivity contribution in [2.24, 2.45) is 0 Å². The molecule has 3 aromatic carbocycles. The van der Waals surface area contributed by atoms with E-state index in [0.29, 0.717) is 28.8 Å². The number of hydrogen-bond acceptors (Lipinski definition) is 6. The third-order valence-electron chi connectivity index (χ3n) is 4.15. The van der Waals surface area contributed by atoms with Gasteiger partial charge in [-0.15, -0.1) is 0 Å². The SMILES string of the molecule is COc1cc2ncnc(Nc3ccc(Oc4ccc(F)cc4)cc3)c2cc1N. The molecule has 4 rings (SSSR count). The number of anilines is 3. The molecule has 0 amide bonds. The first-order valence-electron chi connectivity index (χ1n) is 8.51. The highest BCUT2D eigenvalue weighted by Gasteiger charge is 2.09. The number of ether oxygens (including phenoxy) is 2. The second-order valence-electron chi connectivity index (χ2n) is 6.04. The number of halogens is 1. The number of nitrogens with one attached hydrogen (secondary N) is 1. The topological polar surface area (TPSA) is 82.3 Å². The molecule has 0 fully saturated rings. The van der Waals surface area contributed by atoms with Gasteiger partial charge in [0.25, 0.3) is 0 Å². The highest BCUT2D eigenvalue weighted by atomic mass is 19.1. The summed E-state index contributed by atoms with van der Waals surface area (Å²) in [7, 11) is 1.56. The molecule has 0 aliphatic rings. The number of nitrogens with two attached hydrogens (primary N) is 1. The van der Waals surface area contributed by atoms with E-state index >= 15 is 0 Å². The van der Waals surface area contributed by atoms with E-state index in [4.69, 9.17) is 15.2 Å². The fourth-order valence-corrected chi connectivity index (χ4v) is 2.76. The van der Waals surface area contributed by atoms with Crippen LogP contribution in [-0.2, 0) is 0 Å². The molecule has 0 saturated heterocycles. The molecule has 0 aliphatic heterocycles. The summed E-state index contributed by atoms with van der Waals surface area (Å²) in [6.45, 7) is 0. The van der Waals surface area contributed by atoms with Gasteiger partial charge < -0.3 is 20.5 Å². The summed E-state index contributed by atoms with van der Waals surface area (Å²) in [5.74, 6) is 2.10. The molecule has 28 heavy (non-hydrogen) atoms. The van der Waals surface area contributed by atoms with Crippen molar-refractivity contribution in [3.05, 3.63) is 72.8 Å². The van der Waals surface area contributed by atoms with Gasteiger partial charge in [0.2, 0.25) is 0 Å². The second-order valence-corrected chi connectivity index (χ2v) is 6.04. The van der Waals surface area contributed by atoms with Gasteiger partial charge in [0.1, 0.15) is 35.2 Å². The Morgan fingerprint density at radius 3 is 2.29 bits per heavy atom. The highest BCUT2D eigenvalue weighted by molar-refractivity contribution is 5.94. The van der Waals surface area contributed by atoms with Crippen LogP contribution in [0, 0.1) is 5.82 Å². The first-order valence-corrected chi connectivity index (χ1v) is 8.51. The van der Waals surface area contributed by atoms with Gasteiger partial charge in [-0.25, -0.2) is 14.4 Å². The molecule has 4 aromatic rings. The number of benzene rings is 3. The van der Waals surface area contributed by atoms with Crippen molar-refractivity contribution in [3.8, 4) is 17.2 Å². The molecule has 3 N–H and O–H groups in total. The summed E-state index contributed by atoms with van der Waals surface area (Å²) in [6.07, 6.45) is 1.48. The highest BCUT2D eigenvalue weighted by Crippen LogP contribution is 2.31. The number of hydrogen-bond donors (Lipinski definition) is 2. The van der Waals surface area contributed by atoms with E-state index in [-0.39, 0.29) is 5.82 Å². The van der Waals surface area contributed by atoms with Gasteiger partial charge in [-0.3, -0.25) is 0 Å². The summed E-state index contributed by atoms with van der Waals surface area (Å²) >= 11 is 0. The first-order chi connectivity index (χ1) is 13.6. The van der Waals surface area contributed by atoms with Crippen molar-refractivity contribution in [3.63, 3.8) is 0 Å². The Morgan fingerprint density at radius 2 is 1.61 bits per heavy atom. The Kier molecular flexibility index (Phi) is 4.63. The minimum absolute atomic E-state index is 0.303. The van der Waals surface area contributed by atoms with Gasteiger partial charge in [-0.2, -0.15) is 0 Å². The van der Waals surface area contributed by atoms with Gasteiger partial charge in [0, 0.05) is 17.1 Å². The van der Waals surface area contributed by atoms with Crippen molar-refractivity contribution >= 4 is 28.1 Å². The number of rotatable bonds is 5. The number of methoxy groups -OCH3 is 1. The minimum atomic E-state index is -0.303. The molecule has 6 nitrogen and oxygen atoms in total. The molecule has 0 unspecified atom stereocenters. The maximum Gasteiger partial charge on any atom is 0.143 e. The van der Waals surface area contributed by atoms with Gasteiger partial charge in [0.15, 0.2) is 0 Å². The van der Waals surface area contributed by atoms with Crippen LogP contribution in [0.5, 0.6) is 17.2 Å². The Balaban J connectivity index is 1.56. The molecule has 1 heterocycles. The summed E-state index contributed by atoms with van der Waals surface area (Å²) in [5, 5.41) is 4.04. The molecule has 0 radical (unpaired) electrons. The maximum absolute atomic E-state index is 13.0. The molecular weight excluding hydrogens is 359 g/mol. The zero-order valence-corrected chi connectivity index (χ0v) is 15.0. The van der Waals surface area contributed by atoms with Crippen LogP contribution in [0.25, 0.3) is 10.9 Å². The van der Waals surface area contributed by atoms with Crippen molar-refractivity contribution < 1.29 is 13.9 Å². The van der Waals surface area contributed by atoms with Crippen molar-refractivity contribution in [2.75, 3.05) is 18.2 Å². The standard InChI is InChI=1S/C21H17FN4O2/c1-27-20-11-19-17(10-18(20)23)21(25-12-24-19)26-14-4-8-16(9-5-14)28-15-6-2-13(22)3-7-15/h2-12H,23H2,1H3,(H,24,25,26). The lowest BCUT2D eigenvalue weighted by Crippen LogP contribution is -1.98. The molecule has 0 bridgehead atoms. The van der Waals surface area contributed by atoms with Crippen LogP contribution in [0.3, 0.4) is 0 Å². The lowest BCUT2D eigenvalue weighted by atomic mass is 10.2. The molecular formula is C21H17FN4O2. The van der Waals surface area contributed by atoms with Crippen LogP contribution < -0.4 is 20.5 Å². The Hall–Kier alpha value is -3.87. The molecule has 7 heteroatoms.